The molecule has 0 aromatic carbocycles. The van der Waals surface area contributed by atoms with E-state index < -0.39 is 0 Å². The number of aromatic nitrogens is 2. The average Bonchev–Trinajstić information content (AvgIpc) is 3.36. The lowest BCUT2D eigenvalue weighted by molar-refractivity contribution is 0.0660. The van der Waals surface area contributed by atoms with E-state index in [0.717, 1.165) is 41.6 Å². The Morgan fingerprint density at radius 1 is 1.28 bits per heavy atom. The molecule has 1 unspecified atom stereocenters. The van der Waals surface area contributed by atoms with Gasteiger partial charge in [-0.05, 0) is 55.6 Å². The SMILES string of the molecule is O=C(c1cc(-c2cccs2)[nH]n1)N1CCCSCC1CN1CCCC1. The third-order valence-corrected chi connectivity index (χ3v) is 7.05. The summed E-state index contributed by atoms with van der Waals surface area (Å²) in [6, 6.07) is 6.25. The molecule has 1 amide bonds. The Labute approximate surface area is 156 Å². The number of amides is 1. The van der Waals surface area contributed by atoms with E-state index in [-0.39, 0.29) is 5.91 Å². The van der Waals surface area contributed by atoms with Crippen molar-refractivity contribution in [3.05, 3.63) is 29.3 Å². The summed E-state index contributed by atoms with van der Waals surface area (Å²) in [5, 5.41) is 9.38. The van der Waals surface area contributed by atoms with Gasteiger partial charge in [-0.15, -0.1) is 11.3 Å². The number of hydrogen-bond donors (Lipinski definition) is 1. The molecule has 2 aromatic rings. The number of carbonyl (C=O) groups excluding carboxylic acids is 1. The van der Waals surface area contributed by atoms with Crippen LogP contribution in [0.3, 0.4) is 0 Å². The summed E-state index contributed by atoms with van der Waals surface area (Å²) in [6.07, 6.45) is 3.64. The fourth-order valence-electron chi connectivity index (χ4n) is 3.65. The molecule has 0 spiro atoms. The van der Waals surface area contributed by atoms with Gasteiger partial charge < -0.3 is 9.80 Å². The van der Waals surface area contributed by atoms with E-state index in [0.29, 0.717) is 11.7 Å². The van der Waals surface area contributed by atoms with Crippen molar-refractivity contribution in [1.82, 2.24) is 20.0 Å². The maximum absolute atomic E-state index is 13.1. The van der Waals surface area contributed by atoms with Gasteiger partial charge in [0.15, 0.2) is 5.69 Å². The van der Waals surface area contributed by atoms with Crippen molar-refractivity contribution in [3.63, 3.8) is 0 Å². The smallest absolute Gasteiger partial charge is 0.274 e. The van der Waals surface area contributed by atoms with Gasteiger partial charge in [0, 0.05) is 18.8 Å². The molecule has 1 N–H and O–H groups in total. The fraction of sp³-hybridized carbons (Fsp3) is 0.556. The Hall–Kier alpha value is -1.31. The minimum atomic E-state index is 0.0748. The van der Waals surface area contributed by atoms with E-state index >= 15 is 0 Å². The van der Waals surface area contributed by atoms with Gasteiger partial charge in [0.1, 0.15) is 0 Å². The van der Waals surface area contributed by atoms with E-state index in [1.807, 2.05) is 35.3 Å². The van der Waals surface area contributed by atoms with Crippen LogP contribution < -0.4 is 0 Å². The first-order valence-corrected chi connectivity index (χ1v) is 11.0. The lowest BCUT2D eigenvalue weighted by Crippen LogP contribution is -2.47. The molecule has 2 saturated heterocycles. The Bertz CT molecular complexity index is 694. The molecule has 0 bridgehead atoms. The largest absolute Gasteiger partial charge is 0.332 e. The lowest BCUT2D eigenvalue weighted by atomic mass is 10.2. The van der Waals surface area contributed by atoms with Crippen molar-refractivity contribution in [3.8, 4) is 10.6 Å². The second-order valence-corrected chi connectivity index (χ2v) is 8.83. The summed E-state index contributed by atoms with van der Waals surface area (Å²) >= 11 is 3.64. The summed E-state index contributed by atoms with van der Waals surface area (Å²) in [6.45, 7) is 4.19. The number of rotatable bonds is 4. The Balaban J connectivity index is 1.51. The van der Waals surface area contributed by atoms with Crippen molar-refractivity contribution in [2.45, 2.75) is 25.3 Å². The first kappa shape index (κ1) is 17.1. The zero-order valence-electron chi connectivity index (χ0n) is 14.3. The third kappa shape index (κ3) is 3.93. The molecule has 5 nitrogen and oxygen atoms in total. The van der Waals surface area contributed by atoms with Gasteiger partial charge in [-0.25, -0.2) is 0 Å². The molecule has 0 radical (unpaired) electrons. The van der Waals surface area contributed by atoms with Crippen LogP contribution in [0.15, 0.2) is 23.6 Å². The molecule has 4 heterocycles. The number of aromatic amines is 1. The summed E-state index contributed by atoms with van der Waals surface area (Å²) in [4.78, 5) is 18.8. The third-order valence-electron chi connectivity index (χ3n) is 4.95. The van der Waals surface area contributed by atoms with Crippen molar-refractivity contribution < 1.29 is 4.79 Å². The number of nitrogens with one attached hydrogen (secondary N) is 1. The molecule has 0 saturated carbocycles. The highest BCUT2D eigenvalue weighted by molar-refractivity contribution is 7.99. The monoisotopic (exact) mass is 376 g/mol. The van der Waals surface area contributed by atoms with Crippen LogP contribution in [0.25, 0.3) is 10.6 Å². The van der Waals surface area contributed by atoms with Gasteiger partial charge >= 0.3 is 0 Å². The van der Waals surface area contributed by atoms with Crippen LogP contribution in [0.1, 0.15) is 29.8 Å². The van der Waals surface area contributed by atoms with Crippen molar-refractivity contribution in [1.29, 1.82) is 0 Å². The molecule has 2 aliphatic heterocycles. The number of thioether (sulfide) groups is 1. The second kappa shape index (κ2) is 7.93. The van der Waals surface area contributed by atoms with Crippen molar-refractivity contribution >= 4 is 29.0 Å². The highest BCUT2D eigenvalue weighted by Gasteiger charge is 2.30. The standard InChI is InChI=1S/C18H24N4OS2/c23-18(16-11-15(19-20-16)17-5-3-10-25-17)22-8-4-9-24-13-14(22)12-21-6-1-2-7-21/h3,5,10-11,14H,1-2,4,6-9,12-13H2,(H,19,20). The molecular weight excluding hydrogens is 352 g/mol. The minimum absolute atomic E-state index is 0.0748. The highest BCUT2D eigenvalue weighted by Crippen LogP contribution is 2.25. The summed E-state index contributed by atoms with van der Waals surface area (Å²) in [7, 11) is 0. The van der Waals surface area contributed by atoms with Crippen LogP contribution in [-0.2, 0) is 0 Å². The maximum Gasteiger partial charge on any atom is 0.274 e. The second-order valence-electron chi connectivity index (χ2n) is 6.73. The summed E-state index contributed by atoms with van der Waals surface area (Å²) in [5.74, 6) is 2.25. The number of hydrogen-bond acceptors (Lipinski definition) is 5. The fourth-order valence-corrected chi connectivity index (χ4v) is 5.40. The molecular formula is C18H24N4OS2. The number of carbonyl (C=O) groups is 1. The molecule has 4 rings (SSSR count). The van der Waals surface area contributed by atoms with Crippen LogP contribution in [0.5, 0.6) is 0 Å². The molecule has 2 fully saturated rings. The Morgan fingerprint density at radius 3 is 2.96 bits per heavy atom. The van der Waals surface area contributed by atoms with Gasteiger partial charge in [0.25, 0.3) is 5.91 Å². The molecule has 7 heteroatoms. The van der Waals surface area contributed by atoms with Crippen LogP contribution in [0.4, 0.5) is 0 Å². The maximum atomic E-state index is 13.1. The van der Waals surface area contributed by atoms with E-state index in [4.69, 9.17) is 0 Å². The molecule has 2 aliphatic rings. The minimum Gasteiger partial charge on any atom is -0.332 e. The summed E-state index contributed by atoms with van der Waals surface area (Å²) < 4.78 is 0. The summed E-state index contributed by atoms with van der Waals surface area (Å²) in [5.41, 5.74) is 1.47. The van der Waals surface area contributed by atoms with E-state index in [2.05, 4.69) is 20.0 Å². The van der Waals surface area contributed by atoms with Crippen LogP contribution in [0, 0.1) is 0 Å². The van der Waals surface area contributed by atoms with Crippen LogP contribution in [0.2, 0.25) is 0 Å². The topological polar surface area (TPSA) is 52.2 Å². The highest BCUT2D eigenvalue weighted by atomic mass is 32.2. The number of H-pyrrole nitrogens is 1. The molecule has 25 heavy (non-hydrogen) atoms. The molecule has 0 aliphatic carbocycles. The van der Waals surface area contributed by atoms with E-state index in [1.54, 1.807) is 11.3 Å². The van der Waals surface area contributed by atoms with Crippen molar-refractivity contribution in [2.75, 3.05) is 37.7 Å². The Morgan fingerprint density at radius 2 is 2.16 bits per heavy atom. The van der Waals surface area contributed by atoms with Gasteiger partial charge in [0.05, 0.1) is 16.6 Å². The molecule has 2 aromatic heterocycles. The van der Waals surface area contributed by atoms with E-state index in [1.165, 1.54) is 25.9 Å². The van der Waals surface area contributed by atoms with Gasteiger partial charge in [-0.3, -0.25) is 9.89 Å². The van der Waals surface area contributed by atoms with Gasteiger partial charge in [-0.1, -0.05) is 6.07 Å². The number of likely N-dealkylation sites (tertiary alicyclic amines) is 1. The normalized spacial score (nSPS) is 22.2. The molecule has 134 valence electrons. The van der Waals surface area contributed by atoms with E-state index in [9.17, 15) is 4.79 Å². The van der Waals surface area contributed by atoms with Crippen molar-refractivity contribution in [2.24, 2.45) is 0 Å². The Kier molecular flexibility index (Phi) is 5.43. The zero-order chi connectivity index (χ0) is 17.1. The van der Waals surface area contributed by atoms with Crippen LogP contribution >= 0.6 is 23.1 Å². The molecule has 1 atom stereocenters. The van der Waals surface area contributed by atoms with Gasteiger partial charge in [-0.2, -0.15) is 16.9 Å². The first-order valence-electron chi connectivity index (χ1n) is 9.01. The van der Waals surface area contributed by atoms with Gasteiger partial charge in [0.2, 0.25) is 0 Å². The predicted molar refractivity (Wildman–Crippen MR) is 104 cm³/mol. The predicted octanol–water partition coefficient (Wildman–Crippen LogP) is 3.18. The number of nitrogens with zero attached hydrogens (tertiary/aromatic N) is 3. The number of thiophene rings is 1. The zero-order valence-corrected chi connectivity index (χ0v) is 16.0. The first-order chi connectivity index (χ1) is 12.3. The average molecular weight is 377 g/mol. The van der Waals surface area contributed by atoms with Crippen LogP contribution in [-0.4, -0.2) is 69.6 Å². The quantitative estimate of drug-likeness (QED) is 0.890. The lowest BCUT2D eigenvalue weighted by Gasteiger charge is -2.32.